The van der Waals surface area contributed by atoms with E-state index in [9.17, 15) is 18.3 Å². The first-order valence-corrected chi connectivity index (χ1v) is 17.3. The highest BCUT2D eigenvalue weighted by Crippen LogP contribution is 2.34. The molecule has 0 atom stereocenters. The second kappa shape index (κ2) is 13.5. The maximum Gasteiger partial charge on any atom is 0.303 e. The van der Waals surface area contributed by atoms with E-state index in [0.29, 0.717) is 38.8 Å². The van der Waals surface area contributed by atoms with Crippen LogP contribution in [-0.4, -0.2) is 42.7 Å². The Balaban J connectivity index is 1.17. The van der Waals surface area contributed by atoms with Gasteiger partial charge < -0.3 is 14.3 Å². The number of hydrogen-bond acceptors (Lipinski definition) is 5. The Labute approximate surface area is 264 Å². The second-order valence-corrected chi connectivity index (χ2v) is 13.9. The summed E-state index contributed by atoms with van der Waals surface area (Å²) in [4.78, 5) is 11.4. The number of sulfonamides is 1. The van der Waals surface area contributed by atoms with Gasteiger partial charge in [0.05, 0.1) is 12.4 Å². The van der Waals surface area contributed by atoms with Crippen LogP contribution in [0.3, 0.4) is 0 Å². The Kier molecular flexibility index (Phi) is 9.24. The van der Waals surface area contributed by atoms with E-state index in [1.165, 1.54) is 5.57 Å². The molecule has 45 heavy (non-hydrogen) atoms. The molecule has 7 nitrogen and oxygen atoms in total. The minimum atomic E-state index is -3.56. The first-order chi connectivity index (χ1) is 21.8. The topological polar surface area (TPSA) is 97.1 Å². The van der Waals surface area contributed by atoms with E-state index in [1.54, 1.807) is 4.31 Å². The third kappa shape index (κ3) is 7.08. The third-order valence-electron chi connectivity index (χ3n) is 8.92. The van der Waals surface area contributed by atoms with Gasteiger partial charge in [0.2, 0.25) is 10.0 Å². The van der Waals surface area contributed by atoms with E-state index in [-0.39, 0.29) is 18.7 Å². The van der Waals surface area contributed by atoms with Crippen LogP contribution in [0.4, 0.5) is 0 Å². The molecule has 6 rings (SSSR count). The number of furan rings is 1. The smallest absolute Gasteiger partial charge is 0.303 e. The molecule has 0 spiro atoms. The fourth-order valence-electron chi connectivity index (χ4n) is 6.42. The van der Waals surface area contributed by atoms with Crippen LogP contribution < -0.4 is 4.74 Å². The number of benzene rings is 3. The van der Waals surface area contributed by atoms with Crippen molar-refractivity contribution in [1.29, 1.82) is 0 Å². The molecule has 2 heterocycles. The van der Waals surface area contributed by atoms with E-state index in [2.05, 4.69) is 24.3 Å². The highest BCUT2D eigenvalue weighted by Gasteiger charge is 2.30. The molecule has 1 N–H and O–H groups in total. The van der Waals surface area contributed by atoms with Crippen LogP contribution in [0.2, 0.25) is 0 Å². The summed E-state index contributed by atoms with van der Waals surface area (Å²) in [6.45, 7) is 3.00. The Hall–Kier alpha value is -4.14. The summed E-state index contributed by atoms with van der Waals surface area (Å²) in [6, 6.07) is 19.9. The van der Waals surface area contributed by atoms with Crippen molar-refractivity contribution in [2.45, 2.75) is 58.4 Å². The van der Waals surface area contributed by atoms with E-state index in [0.717, 1.165) is 68.7 Å². The van der Waals surface area contributed by atoms with Crippen molar-refractivity contribution < 1.29 is 27.5 Å². The summed E-state index contributed by atoms with van der Waals surface area (Å²) < 4.78 is 41.2. The van der Waals surface area contributed by atoms with Gasteiger partial charge >= 0.3 is 5.97 Å². The number of hydrogen-bond donors (Lipinski definition) is 1. The van der Waals surface area contributed by atoms with Gasteiger partial charge in [0.1, 0.15) is 17.3 Å². The maximum absolute atomic E-state index is 13.6. The molecule has 0 bridgehead atoms. The van der Waals surface area contributed by atoms with E-state index >= 15 is 0 Å². The molecule has 1 aromatic heterocycles. The average molecular weight is 626 g/mol. The first-order valence-electron chi connectivity index (χ1n) is 15.7. The number of carboxylic acid groups (broad SMARTS) is 1. The minimum Gasteiger partial charge on any atom is -0.493 e. The van der Waals surface area contributed by atoms with Crippen molar-refractivity contribution in [3.05, 3.63) is 118 Å². The zero-order valence-electron chi connectivity index (χ0n) is 25.6. The number of aliphatic carboxylic acids is 1. The molecule has 1 aliphatic heterocycles. The van der Waals surface area contributed by atoms with Crippen molar-refractivity contribution in [2.24, 2.45) is 0 Å². The van der Waals surface area contributed by atoms with Crippen molar-refractivity contribution in [3.8, 4) is 5.75 Å². The van der Waals surface area contributed by atoms with E-state index < -0.39 is 16.0 Å². The normalized spacial score (nSPS) is 15.2. The lowest BCUT2D eigenvalue weighted by molar-refractivity contribution is -0.136. The SMILES string of the molecule is Cc1oc(C2=CC=CCC2)cc1CCOc1ccc(CCC(=O)O)c2c1CCN(S(=O)(=O)CCc1cccc3ccccc13)C2. The van der Waals surface area contributed by atoms with Gasteiger partial charge in [-0.2, -0.15) is 4.31 Å². The first kappa shape index (κ1) is 30.9. The summed E-state index contributed by atoms with van der Waals surface area (Å²) >= 11 is 0. The Morgan fingerprint density at radius 1 is 0.956 bits per heavy atom. The van der Waals surface area contributed by atoms with Gasteiger partial charge in [-0.15, -0.1) is 0 Å². The zero-order chi connectivity index (χ0) is 31.4. The largest absolute Gasteiger partial charge is 0.493 e. The number of carbonyl (C=O) groups is 1. The van der Waals surface area contributed by atoms with Crippen molar-refractivity contribution in [2.75, 3.05) is 18.9 Å². The number of nitrogens with zero attached hydrogens (tertiary/aromatic N) is 1. The van der Waals surface area contributed by atoms with Crippen LogP contribution in [0.1, 0.15) is 58.6 Å². The molecule has 0 unspecified atom stereocenters. The number of fused-ring (bicyclic) bond motifs is 2. The number of carboxylic acids is 1. The van der Waals surface area contributed by atoms with Gasteiger partial charge in [-0.3, -0.25) is 4.79 Å². The van der Waals surface area contributed by atoms with Gasteiger partial charge in [0, 0.05) is 31.5 Å². The summed E-state index contributed by atoms with van der Waals surface area (Å²) in [5.41, 5.74) is 6.03. The fraction of sp³-hybridized carbons (Fsp3) is 0.324. The summed E-state index contributed by atoms with van der Waals surface area (Å²) in [7, 11) is -3.56. The van der Waals surface area contributed by atoms with Gasteiger partial charge in [0.15, 0.2) is 0 Å². The lowest BCUT2D eigenvalue weighted by atomic mass is 9.92. The van der Waals surface area contributed by atoms with Crippen molar-refractivity contribution >= 4 is 32.3 Å². The lowest BCUT2D eigenvalue weighted by Gasteiger charge is -2.31. The molecule has 4 aromatic rings. The highest BCUT2D eigenvalue weighted by molar-refractivity contribution is 7.89. The predicted octanol–water partition coefficient (Wildman–Crippen LogP) is 7.04. The van der Waals surface area contributed by atoms with Gasteiger partial charge in [0.25, 0.3) is 0 Å². The molecule has 3 aromatic carbocycles. The van der Waals surface area contributed by atoms with Crippen molar-refractivity contribution in [3.63, 3.8) is 0 Å². The number of rotatable bonds is 12. The Morgan fingerprint density at radius 3 is 2.62 bits per heavy atom. The Bertz CT molecular complexity index is 1880. The van der Waals surface area contributed by atoms with Gasteiger partial charge in [-0.05, 0) is 89.8 Å². The molecule has 8 heteroatoms. The van der Waals surface area contributed by atoms with Crippen LogP contribution in [0, 0.1) is 6.92 Å². The number of aryl methyl sites for hydroxylation is 3. The Morgan fingerprint density at radius 2 is 1.80 bits per heavy atom. The molecule has 0 radical (unpaired) electrons. The molecule has 0 saturated heterocycles. The number of allylic oxidation sites excluding steroid dienone is 4. The second-order valence-electron chi connectivity index (χ2n) is 11.8. The van der Waals surface area contributed by atoms with E-state index in [4.69, 9.17) is 9.15 Å². The standard InChI is InChI=1S/C37H39NO6S/c1-26-31(24-36(44-26)30-9-3-2-4-10-30)19-22-43-35-16-14-29(15-17-37(39)40)34-25-38(21-18-33(34)35)45(41,42)23-20-28-12-7-11-27-8-5-6-13-32(27)28/h2-3,5-9,11-14,16,24H,4,10,15,17-23,25H2,1H3,(H,39,40). The average Bonchev–Trinajstić information content (AvgIpc) is 3.43. The molecule has 0 fully saturated rings. The lowest BCUT2D eigenvalue weighted by Crippen LogP contribution is -2.38. The molecular weight excluding hydrogens is 586 g/mol. The zero-order valence-corrected chi connectivity index (χ0v) is 26.4. The quantitative estimate of drug-likeness (QED) is 0.181. The monoisotopic (exact) mass is 625 g/mol. The van der Waals surface area contributed by atoms with Crippen molar-refractivity contribution in [1.82, 2.24) is 4.31 Å². The van der Waals surface area contributed by atoms with E-state index in [1.807, 2.05) is 61.5 Å². The van der Waals surface area contributed by atoms with Gasteiger partial charge in [-0.25, -0.2) is 8.42 Å². The number of ether oxygens (including phenoxy) is 1. The van der Waals surface area contributed by atoms with Crippen LogP contribution in [0.15, 0.2) is 83.3 Å². The van der Waals surface area contributed by atoms with Gasteiger partial charge in [-0.1, -0.05) is 66.8 Å². The van der Waals surface area contributed by atoms with Crippen LogP contribution in [-0.2, 0) is 47.0 Å². The highest BCUT2D eigenvalue weighted by atomic mass is 32.2. The van der Waals surface area contributed by atoms with Crippen LogP contribution in [0.5, 0.6) is 5.75 Å². The molecular formula is C37H39NO6S. The molecule has 1 aliphatic carbocycles. The predicted molar refractivity (Wildman–Crippen MR) is 177 cm³/mol. The molecule has 2 aliphatic rings. The summed E-state index contributed by atoms with van der Waals surface area (Å²) in [5.74, 6) is 1.66. The molecule has 0 amide bonds. The minimum absolute atomic E-state index is 0.0101. The van der Waals surface area contributed by atoms with Crippen LogP contribution in [0.25, 0.3) is 16.3 Å². The molecule has 234 valence electrons. The van der Waals surface area contributed by atoms with Crippen LogP contribution >= 0.6 is 0 Å². The summed E-state index contributed by atoms with van der Waals surface area (Å²) in [5, 5.41) is 11.5. The third-order valence-corrected chi connectivity index (χ3v) is 10.7. The summed E-state index contributed by atoms with van der Waals surface area (Å²) in [6.07, 6.45) is 10.2. The fourth-order valence-corrected chi connectivity index (χ4v) is 7.85. The molecule has 0 saturated carbocycles. The maximum atomic E-state index is 13.6.